The van der Waals surface area contributed by atoms with E-state index in [0.29, 0.717) is 0 Å². The van der Waals surface area contributed by atoms with Gasteiger partial charge in [0.05, 0.1) is 0 Å². The molecule has 0 fully saturated rings. The van der Waals surface area contributed by atoms with Gasteiger partial charge in [0, 0.05) is 246 Å². The van der Waals surface area contributed by atoms with Gasteiger partial charge in [-0.15, -0.1) is 0 Å². The monoisotopic (exact) mass is 2170 g/mol. The van der Waals surface area contributed by atoms with Crippen molar-refractivity contribution in [2.24, 2.45) is 0 Å². The van der Waals surface area contributed by atoms with Crippen molar-refractivity contribution in [3.05, 3.63) is 0 Å². The molecule has 0 saturated heterocycles. The van der Waals surface area contributed by atoms with E-state index in [4.69, 9.17) is 0 Å². The van der Waals surface area contributed by atoms with Crippen molar-refractivity contribution in [2.75, 3.05) is 0 Å². The Balaban J connectivity index is 0. The molecule has 0 nitrogen and oxygen atoms in total. The number of hydrogen-bond acceptors (Lipinski definition) is 0. The summed E-state index contributed by atoms with van der Waals surface area (Å²) in [5, 5.41) is 0. The van der Waals surface area contributed by atoms with Gasteiger partial charge in [0.15, 0.2) is 0 Å². The molecular weight excluding hydrogens is 2170 g/mol. The summed E-state index contributed by atoms with van der Waals surface area (Å²) in [6.07, 6.45) is 0. The van der Waals surface area contributed by atoms with Crippen LogP contribution >= 0.6 is 0 Å². The van der Waals surface area contributed by atoms with E-state index in [1.165, 1.54) is 0 Å². The average Bonchev–Trinajstić information content (AvgIpc) is 0. The Hall–Kier alpha value is 8.14. The Morgan fingerprint density at radius 2 is 0.0909 bits per heavy atom. The molecule has 0 atom stereocenters. The second kappa shape index (κ2) is 80.4. The molecule has 0 spiro atoms. The first-order chi connectivity index (χ1) is 0. The standard InChI is InChI=1S/11Au. The summed E-state index contributed by atoms with van der Waals surface area (Å²) in [5.74, 6) is 0. The zero-order valence-corrected chi connectivity index (χ0v) is 27.1. The van der Waals surface area contributed by atoms with Crippen LogP contribution in [0.1, 0.15) is 0 Å². The maximum atomic E-state index is 0. The maximum Gasteiger partial charge on any atom is 0 e. The van der Waals surface area contributed by atoms with Crippen molar-refractivity contribution >= 4 is 0 Å². The Bertz CT molecular complexity index is 0. The van der Waals surface area contributed by atoms with Crippen LogP contribution in [0.2, 0.25) is 0 Å². The normalized spacial score (nSPS) is 0. The second-order valence-corrected chi connectivity index (χ2v) is 0. The molecule has 11 heavy (non-hydrogen) atoms. The predicted octanol–water partition coefficient (Wildman–Crippen LogP) is -0.0275. The molecule has 0 unspecified atom stereocenters. The van der Waals surface area contributed by atoms with E-state index in [1.807, 2.05) is 0 Å². The molecular formula is Au11. The first kappa shape index (κ1) is 95.0. The molecule has 0 saturated carbocycles. The van der Waals surface area contributed by atoms with Gasteiger partial charge in [0.25, 0.3) is 0 Å². The molecule has 0 aromatic heterocycles. The van der Waals surface area contributed by atoms with Gasteiger partial charge in [0.1, 0.15) is 0 Å². The summed E-state index contributed by atoms with van der Waals surface area (Å²) >= 11 is 0. The largest absolute Gasteiger partial charge is 0 e. The molecule has 0 aromatic rings. The Kier molecular flexibility index (Phi) is 695. The van der Waals surface area contributed by atoms with Gasteiger partial charge >= 0.3 is 0 Å². The molecule has 0 heterocycles. The van der Waals surface area contributed by atoms with Crippen LogP contribution in [0.5, 0.6) is 0 Å². The molecule has 0 aliphatic carbocycles. The smallest absolute Gasteiger partial charge is 0 e. The molecule has 0 N–H and O–H groups in total. The molecule has 0 aliphatic rings. The molecule has 0 rings (SSSR count). The van der Waals surface area contributed by atoms with Gasteiger partial charge in [0.2, 0.25) is 0 Å². The zero-order valence-electron chi connectivity index (χ0n) is 3.32. The fourth-order valence-corrected chi connectivity index (χ4v) is 0. The van der Waals surface area contributed by atoms with Crippen molar-refractivity contribution in [1.82, 2.24) is 0 Å². The molecule has 0 bridgehead atoms. The third-order valence-electron chi connectivity index (χ3n) is 0. The maximum absolute atomic E-state index is 0. The van der Waals surface area contributed by atoms with Crippen molar-refractivity contribution in [2.45, 2.75) is 0 Å². The van der Waals surface area contributed by atoms with E-state index >= 15 is 0 Å². The zero-order chi connectivity index (χ0) is 0. The van der Waals surface area contributed by atoms with Crippen LogP contribution in [-0.4, -0.2) is 0 Å². The summed E-state index contributed by atoms with van der Waals surface area (Å²) in [4.78, 5) is 0. The van der Waals surface area contributed by atoms with Crippen LogP contribution in [0.4, 0.5) is 0 Å². The quantitative estimate of drug-likeness (QED) is 0.300. The van der Waals surface area contributed by atoms with Crippen LogP contribution in [-0.2, 0) is 246 Å². The van der Waals surface area contributed by atoms with Crippen molar-refractivity contribution in [3.8, 4) is 0 Å². The van der Waals surface area contributed by atoms with E-state index in [0.717, 1.165) is 0 Å². The fourth-order valence-electron chi connectivity index (χ4n) is 0. The van der Waals surface area contributed by atoms with E-state index in [9.17, 15) is 0 Å². The van der Waals surface area contributed by atoms with Crippen molar-refractivity contribution in [1.29, 1.82) is 0 Å². The third-order valence-corrected chi connectivity index (χ3v) is 0. The Labute approximate surface area is 239 Å². The fraction of sp³-hybridized carbons (Fsp3) is 0. The Morgan fingerprint density at radius 3 is 0.0909 bits per heavy atom. The minimum absolute atomic E-state index is 0. The van der Waals surface area contributed by atoms with E-state index in [-0.39, 0.29) is 246 Å². The summed E-state index contributed by atoms with van der Waals surface area (Å²) in [5.41, 5.74) is 0. The molecule has 0 aromatic carbocycles. The van der Waals surface area contributed by atoms with E-state index < -0.39 is 0 Å². The average molecular weight is 2170 g/mol. The summed E-state index contributed by atoms with van der Waals surface area (Å²) < 4.78 is 0. The second-order valence-electron chi connectivity index (χ2n) is 0. The minimum Gasteiger partial charge on any atom is 0 e. The number of rotatable bonds is 0. The van der Waals surface area contributed by atoms with Gasteiger partial charge < -0.3 is 0 Å². The summed E-state index contributed by atoms with van der Waals surface area (Å²) in [6.45, 7) is 0. The molecule has 11 radical (unpaired) electrons. The summed E-state index contributed by atoms with van der Waals surface area (Å²) in [6, 6.07) is 0. The SMILES string of the molecule is [Au].[Au].[Au].[Au].[Au].[Au].[Au].[Au].[Au].[Au].[Au]. The molecule has 11 heteroatoms. The van der Waals surface area contributed by atoms with Gasteiger partial charge in [-0.05, 0) is 0 Å². The first-order valence-corrected chi connectivity index (χ1v) is 0. The van der Waals surface area contributed by atoms with Gasteiger partial charge in [-0.3, -0.25) is 0 Å². The minimum atomic E-state index is 0. The first-order valence-electron chi connectivity index (χ1n) is 0. The van der Waals surface area contributed by atoms with Crippen LogP contribution in [0.25, 0.3) is 0 Å². The number of hydrogen-bond donors (Lipinski definition) is 0. The van der Waals surface area contributed by atoms with E-state index in [2.05, 4.69) is 0 Å². The molecule has 0 amide bonds. The van der Waals surface area contributed by atoms with Crippen LogP contribution in [0.3, 0.4) is 0 Å². The Morgan fingerprint density at radius 1 is 0.0909 bits per heavy atom. The third kappa shape index (κ3) is 71.3. The van der Waals surface area contributed by atoms with Crippen molar-refractivity contribution < 1.29 is 246 Å². The molecule has 121 valence electrons. The van der Waals surface area contributed by atoms with Crippen LogP contribution in [0, 0.1) is 0 Å². The summed E-state index contributed by atoms with van der Waals surface area (Å²) in [7, 11) is 0. The van der Waals surface area contributed by atoms with Crippen LogP contribution < -0.4 is 0 Å². The van der Waals surface area contributed by atoms with Gasteiger partial charge in [-0.1, -0.05) is 0 Å². The molecule has 0 aliphatic heterocycles. The predicted molar refractivity (Wildman–Crippen MR) is 0 cm³/mol. The van der Waals surface area contributed by atoms with Gasteiger partial charge in [-0.2, -0.15) is 0 Å². The van der Waals surface area contributed by atoms with Crippen molar-refractivity contribution in [3.63, 3.8) is 0 Å². The van der Waals surface area contributed by atoms with Crippen LogP contribution in [0.15, 0.2) is 0 Å². The topological polar surface area (TPSA) is 0 Å². The van der Waals surface area contributed by atoms with Gasteiger partial charge in [-0.25, -0.2) is 0 Å². The van der Waals surface area contributed by atoms with E-state index in [1.54, 1.807) is 0 Å².